The Balaban J connectivity index is 2.70. The van der Waals surface area contributed by atoms with Crippen molar-refractivity contribution in [3.05, 3.63) is 48.0 Å². The summed E-state index contributed by atoms with van der Waals surface area (Å²) >= 11 is 36.2. The molecule has 0 spiro atoms. The van der Waals surface area contributed by atoms with E-state index in [2.05, 4.69) is 4.98 Å². The van der Waals surface area contributed by atoms with Gasteiger partial charge in [-0.25, -0.2) is 0 Å². The van der Waals surface area contributed by atoms with Crippen LogP contribution in [0.4, 0.5) is 0 Å². The molecule has 0 atom stereocenters. The Labute approximate surface area is 155 Å². The van der Waals surface area contributed by atoms with Crippen molar-refractivity contribution in [1.29, 1.82) is 0 Å². The highest BCUT2D eigenvalue weighted by Gasteiger charge is 2.22. The lowest BCUT2D eigenvalue weighted by Gasteiger charge is -2.13. The minimum absolute atomic E-state index is 0.0295. The van der Waals surface area contributed by atoms with Crippen LogP contribution in [0.2, 0.25) is 30.1 Å². The number of rotatable bonds is 3. The first-order chi connectivity index (χ1) is 10.2. The average molecular weight is 420 g/mol. The topological polar surface area (TPSA) is 50.2 Å². The second kappa shape index (κ2) is 7.00. The van der Waals surface area contributed by atoms with Crippen LogP contribution in [0.3, 0.4) is 0 Å². The maximum Gasteiger partial charge on any atom is 0.309 e. The molecule has 0 radical (unpaired) electrons. The van der Waals surface area contributed by atoms with Crippen molar-refractivity contribution < 1.29 is 9.90 Å². The van der Waals surface area contributed by atoms with Crippen LogP contribution in [0.25, 0.3) is 11.3 Å². The van der Waals surface area contributed by atoms with Gasteiger partial charge in [0.1, 0.15) is 0 Å². The number of halogens is 6. The number of carboxylic acids is 1. The molecule has 0 aliphatic carbocycles. The van der Waals surface area contributed by atoms with Gasteiger partial charge in [-0.15, -0.1) is 0 Å². The van der Waals surface area contributed by atoms with Crippen molar-refractivity contribution in [2.24, 2.45) is 0 Å². The Morgan fingerprint density at radius 2 is 1.41 bits per heavy atom. The molecule has 1 aromatic heterocycles. The summed E-state index contributed by atoms with van der Waals surface area (Å²) in [5.41, 5.74) is 0.711. The molecule has 3 nitrogen and oxygen atoms in total. The molecule has 2 rings (SSSR count). The van der Waals surface area contributed by atoms with Gasteiger partial charge in [0.05, 0.1) is 47.9 Å². The van der Waals surface area contributed by atoms with Crippen molar-refractivity contribution in [2.75, 3.05) is 0 Å². The molecule has 0 amide bonds. The normalized spacial score (nSPS) is 10.8. The molecule has 0 aliphatic rings. The second-order valence-electron chi connectivity index (χ2n) is 4.14. The fourth-order valence-electron chi connectivity index (χ4n) is 1.72. The van der Waals surface area contributed by atoms with Crippen LogP contribution in [0.5, 0.6) is 0 Å². The van der Waals surface area contributed by atoms with Gasteiger partial charge in [-0.2, -0.15) is 0 Å². The average Bonchev–Trinajstić information content (AvgIpc) is 2.46. The summed E-state index contributed by atoms with van der Waals surface area (Å²) in [6, 6.07) is 3.02. The molecule has 22 heavy (non-hydrogen) atoms. The van der Waals surface area contributed by atoms with Crippen LogP contribution in [0.1, 0.15) is 5.69 Å². The van der Waals surface area contributed by atoms with Crippen LogP contribution < -0.4 is 0 Å². The molecule has 1 aromatic carbocycles. The van der Waals surface area contributed by atoms with Gasteiger partial charge in [0, 0.05) is 5.56 Å². The van der Waals surface area contributed by atoms with Gasteiger partial charge in [0.15, 0.2) is 0 Å². The fourth-order valence-corrected chi connectivity index (χ4v) is 3.22. The molecular formula is C13H5Cl6NO2. The zero-order valence-corrected chi connectivity index (χ0v) is 15.0. The van der Waals surface area contributed by atoms with Crippen LogP contribution in [0.15, 0.2) is 12.1 Å². The number of carboxylic acid groups (broad SMARTS) is 1. The summed E-state index contributed by atoms with van der Waals surface area (Å²) in [7, 11) is 0. The first-order valence-corrected chi connectivity index (χ1v) is 7.89. The van der Waals surface area contributed by atoms with Crippen molar-refractivity contribution in [1.82, 2.24) is 4.98 Å². The quantitative estimate of drug-likeness (QED) is 0.469. The zero-order chi connectivity index (χ0) is 16.6. The van der Waals surface area contributed by atoms with Crippen molar-refractivity contribution >= 4 is 75.6 Å². The standard InChI is InChI=1S/C13H5Cl6NO2/c14-4-1-2-5(20-6(4)3-7(21)22)8-9(15)11(17)13(19)12(18)10(8)16/h1-2H,3H2,(H,21,22). The molecule has 0 unspecified atom stereocenters. The number of pyridine rings is 1. The van der Waals surface area contributed by atoms with Crippen LogP contribution in [-0.2, 0) is 11.2 Å². The first kappa shape index (κ1) is 17.9. The lowest BCUT2D eigenvalue weighted by molar-refractivity contribution is -0.136. The van der Waals surface area contributed by atoms with E-state index < -0.39 is 5.97 Å². The molecule has 0 aliphatic heterocycles. The number of aliphatic carboxylic acids is 1. The highest BCUT2D eigenvalue weighted by Crippen LogP contribution is 2.47. The molecular weight excluding hydrogens is 415 g/mol. The maximum absolute atomic E-state index is 10.8. The minimum Gasteiger partial charge on any atom is -0.481 e. The summed E-state index contributed by atoms with van der Waals surface area (Å²) in [6.45, 7) is 0. The molecule has 116 valence electrons. The van der Waals surface area contributed by atoms with E-state index in [9.17, 15) is 4.79 Å². The van der Waals surface area contributed by atoms with Crippen molar-refractivity contribution in [3.63, 3.8) is 0 Å². The molecule has 0 fully saturated rings. The van der Waals surface area contributed by atoms with E-state index in [0.717, 1.165) is 0 Å². The zero-order valence-electron chi connectivity index (χ0n) is 10.4. The lowest BCUT2D eigenvalue weighted by atomic mass is 10.1. The fraction of sp³-hybridized carbons (Fsp3) is 0.0769. The van der Waals surface area contributed by atoms with Gasteiger partial charge >= 0.3 is 5.97 Å². The third kappa shape index (κ3) is 3.40. The number of carbonyl (C=O) groups is 1. The third-order valence-electron chi connectivity index (χ3n) is 2.70. The Morgan fingerprint density at radius 1 is 0.909 bits per heavy atom. The Morgan fingerprint density at radius 3 is 1.91 bits per heavy atom. The first-order valence-electron chi connectivity index (χ1n) is 5.63. The van der Waals surface area contributed by atoms with Gasteiger partial charge < -0.3 is 5.11 Å². The molecule has 0 bridgehead atoms. The molecule has 2 aromatic rings. The van der Waals surface area contributed by atoms with Gasteiger partial charge in [0.2, 0.25) is 0 Å². The highest BCUT2D eigenvalue weighted by atomic mass is 35.5. The van der Waals surface area contributed by atoms with Crippen LogP contribution in [-0.4, -0.2) is 16.1 Å². The summed E-state index contributed by atoms with van der Waals surface area (Å²) in [6.07, 6.45) is -0.350. The van der Waals surface area contributed by atoms with E-state index in [1.165, 1.54) is 12.1 Å². The Bertz CT molecular complexity index is 749. The van der Waals surface area contributed by atoms with E-state index in [-0.39, 0.29) is 53.5 Å². The lowest BCUT2D eigenvalue weighted by Crippen LogP contribution is -2.04. The monoisotopic (exact) mass is 417 g/mol. The SMILES string of the molecule is O=C(O)Cc1nc(-c2c(Cl)c(Cl)c(Cl)c(Cl)c2Cl)ccc1Cl. The summed E-state index contributed by atoms with van der Waals surface area (Å²) in [5, 5.41) is 9.32. The van der Waals surface area contributed by atoms with Crippen LogP contribution in [0, 0.1) is 0 Å². The Kier molecular flexibility index (Phi) is 5.70. The van der Waals surface area contributed by atoms with E-state index in [1.54, 1.807) is 0 Å². The maximum atomic E-state index is 10.8. The number of hydrogen-bond donors (Lipinski definition) is 1. The molecule has 0 saturated carbocycles. The van der Waals surface area contributed by atoms with Gasteiger partial charge in [-0.05, 0) is 12.1 Å². The Hall–Kier alpha value is -0.420. The van der Waals surface area contributed by atoms with Crippen molar-refractivity contribution in [2.45, 2.75) is 6.42 Å². The number of hydrogen-bond acceptors (Lipinski definition) is 2. The number of nitrogens with zero attached hydrogens (tertiary/aromatic N) is 1. The second-order valence-corrected chi connectivity index (χ2v) is 6.44. The largest absolute Gasteiger partial charge is 0.481 e. The third-order valence-corrected chi connectivity index (χ3v) is 5.32. The summed E-state index contributed by atoms with van der Waals surface area (Å²) < 4.78 is 0. The molecule has 1 heterocycles. The van der Waals surface area contributed by atoms with Crippen molar-refractivity contribution in [3.8, 4) is 11.3 Å². The highest BCUT2D eigenvalue weighted by molar-refractivity contribution is 6.56. The van der Waals surface area contributed by atoms with Crippen LogP contribution >= 0.6 is 69.6 Å². The number of aromatic nitrogens is 1. The van der Waals surface area contributed by atoms with E-state index in [1.807, 2.05) is 0 Å². The molecule has 0 saturated heterocycles. The van der Waals surface area contributed by atoms with E-state index in [0.29, 0.717) is 0 Å². The summed E-state index contributed by atoms with van der Waals surface area (Å²) in [5.74, 6) is -1.07. The molecule has 1 N–H and O–H groups in total. The predicted molar refractivity (Wildman–Crippen MR) is 91.1 cm³/mol. The number of benzene rings is 1. The smallest absolute Gasteiger partial charge is 0.309 e. The van der Waals surface area contributed by atoms with Gasteiger partial charge in [-0.1, -0.05) is 69.6 Å². The predicted octanol–water partition coefficient (Wildman–Crippen LogP) is 6.30. The van der Waals surface area contributed by atoms with E-state index in [4.69, 9.17) is 74.7 Å². The molecule has 9 heteroatoms. The van der Waals surface area contributed by atoms with E-state index >= 15 is 0 Å². The van der Waals surface area contributed by atoms with Gasteiger partial charge in [0.25, 0.3) is 0 Å². The van der Waals surface area contributed by atoms with Gasteiger partial charge in [-0.3, -0.25) is 9.78 Å². The minimum atomic E-state index is -1.07. The summed E-state index contributed by atoms with van der Waals surface area (Å²) in [4.78, 5) is 15.0.